The van der Waals surface area contributed by atoms with E-state index in [-0.39, 0.29) is 11.6 Å². The van der Waals surface area contributed by atoms with Gasteiger partial charge in [0, 0.05) is 12.6 Å². The molecule has 0 saturated carbocycles. The first-order chi connectivity index (χ1) is 9.45. The summed E-state index contributed by atoms with van der Waals surface area (Å²) < 4.78 is 26.5. The molecular formula is C14H15F2NO3. The van der Waals surface area contributed by atoms with Gasteiger partial charge in [0.15, 0.2) is 11.6 Å². The van der Waals surface area contributed by atoms with Crippen molar-refractivity contribution in [2.75, 3.05) is 6.54 Å². The van der Waals surface area contributed by atoms with E-state index in [1.807, 2.05) is 6.92 Å². The number of nitrogens with zero attached hydrogens (tertiary/aromatic N) is 1. The van der Waals surface area contributed by atoms with Crippen LogP contribution in [-0.4, -0.2) is 34.5 Å². The fourth-order valence-electron chi connectivity index (χ4n) is 2.58. The van der Waals surface area contributed by atoms with E-state index in [0.717, 1.165) is 19.3 Å². The molecule has 4 nitrogen and oxygen atoms in total. The number of benzene rings is 1. The average molecular weight is 283 g/mol. The molecule has 1 saturated heterocycles. The fraction of sp³-hybridized carbons (Fsp3) is 0.429. The van der Waals surface area contributed by atoms with Gasteiger partial charge in [-0.1, -0.05) is 6.92 Å². The molecule has 1 atom stereocenters. The molecule has 0 bridgehead atoms. The van der Waals surface area contributed by atoms with Gasteiger partial charge < -0.3 is 10.0 Å². The Labute approximate surface area is 115 Å². The zero-order valence-corrected chi connectivity index (χ0v) is 11.0. The topological polar surface area (TPSA) is 57.6 Å². The van der Waals surface area contributed by atoms with E-state index in [4.69, 9.17) is 5.11 Å². The van der Waals surface area contributed by atoms with Crippen molar-refractivity contribution in [3.63, 3.8) is 0 Å². The van der Waals surface area contributed by atoms with Crippen molar-refractivity contribution < 1.29 is 23.5 Å². The largest absolute Gasteiger partial charge is 0.478 e. The third kappa shape index (κ3) is 2.50. The SMILES string of the molecule is CCC1CCCN1C(=O)c1cc(F)c(F)cc1C(=O)O. The van der Waals surface area contributed by atoms with Crippen LogP contribution in [0.25, 0.3) is 0 Å². The zero-order chi connectivity index (χ0) is 14.9. The van der Waals surface area contributed by atoms with Crippen molar-refractivity contribution in [3.8, 4) is 0 Å². The number of amides is 1. The average Bonchev–Trinajstić information content (AvgIpc) is 2.88. The quantitative estimate of drug-likeness (QED) is 0.927. The highest BCUT2D eigenvalue weighted by Crippen LogP contribution is 2.24. The summed E-state index contributed by atoms with van der Waals surface area (Å²) in [6.45, 7) is 2.44. The minimum Gasteiger partial charge on any atom is -0.478 e. The van der Waals surface area contributed by atoms with E-state index in [1.165, 1.54) is 0 Å². The van der Waals surface area contributed by atoms with E-state index >= 15 is 0 Å². The molecule has 1 heterocycles. The summed E-state index contributed by atoms with van der Waals surface area (Å²) in [4.78, 5) is 25.0. The Bertz CT molecular complexity index is 560. The lowest BCUT2D eigenvalue weighted by Crippen LogP contribution is -2.36. The lowest BCUT2D eigenvalue weighted by atomic mass is 10.0. The number of hydrogen-bond donors (Lipinski definition) is 1. The Hall–Kier alpha value is -1.98. The molecule has 0 spiro atoms. The Morgan fingerprint density at radius 3 is 2.45 bits per heavy atom. The van der Waals surface area contributed by atoms with Crippen LogP contribution in [-0.2, 0) is 0 Å². The molecule has 6 heteroatoms. The number of carbonyl (C=O) groups is 2. The highest BCUT2D eigenvalue weighted by atomic mass is 19.2. The van der Waals surface area contributed by atoms with Crippen LogP contribution in [0.1, 0.15) is 46.9 Å². The summed E-state index contributed by atoms with van der Waals surface area (Å²) in [5, 5.41) is 9.04. The van der Waals surface area contributed by atoms with Crippen molar-refractivity contribution in [2.45, 2.75) is 32.2 Å². The monoisotopic (exact) mass is 283 g/mol. The molecular weight excluding hydrogens is 268 g/mol. The van der Waals surface area contributed by atoms with Gasteiger partial charge in [-0.3, -0.25) is 4.79 Å². The normalized spacial score (nSPS) is 18.4. The van der Waals surface area contributed by atoms with E-state index in [2.05, 4.69) is 0 Å². The van der Waals surface area contributed by atoms with E-state index in [1.54, 1.807) is 4.90 Å². The van der Waals surface area contributed by atoms with Crippen LogP contribution in [0.2, 0.25) is 0 Å². The number of likely N-dealkylation sites (tertiary alicyclic amines) is 1. The third-order valence-electron chi connectivity index (χ3n) is 3.63. The summed E-state index contributed by atoms with van der Waals surface area (Å²) in [5.74, 6) is -4.48. The Morgan fingerprint density at radius 2 is 1.90 bits per heavy atom. The van der Waals surface area contributed by atoms with Crippen molar-refractivity contribution in [3.05, 3.63) is 34.9 Å². The van der Waals surface area contributed by atoms with E-state index < -0.39 is 29.1 Å². The van der Waals surface area contributed by atoms with Gasteiger partial charge >= 0.3 is 5.97 Å². The van der Waals surface area contributed by atoms with Gasteiger partial charge in [-0.2, -0.15) is 0 Å². The summed E-state index contributed by atoms with van der Waals surface area (Å²) in [6, 6.07) is 1.26. The molecule has 0 aliphatic carbocycles. The van der Waals surface area contributed by atoms with Crippen LogP contribution in [0.4, 0.5) is 8.78 Å². The highest BCUT2D eigenvalue weighted by molar-refractivity contribution is 6.05. The van der Waals surface area contributed by atoms with Crippen LogP contribution >= 0.6 is 0 Å². The number of rotatable bonds is 3. The molecule has 1 fully saturated rings. The van der Waals surface area contributed by atoms with Crippen molar-refractivity contribution >= 4 is 11.9 Å². The molecule has 1 aromatic carbocycles. The molecule has 1 N–H and O–H groups in total. The smallest absolute Gasteiger partial charge is 0.336 e. The number of halogens is 2. The minimum atomic E-state index is -1.44. The van der Waals surface area contributed by atoms with Gasteiger partial charge in [-0.25, -0.2) is 13.6 Å². The second-order valence-corrected chi connectivity index (χ2v) is 4.82. The maximum Gasteiger partial charge on any atom is 0.336 e. The minimum absolute atomic E-state index is 0.0252. The predicted molar refractivity (Wildman–Crippen MR) is 67.7 cm³/mol. The first-order valence-corrected chi connectivity index (χ1v) is 6.49. The van der Waals surface area contributed by atoms with Crippen molar-refractivity contribution in [2.24, 2.45) is 0 Å². The first-order valence-electron chi connectivity index (χ1n) is 6.49. The molecule has 1 aliphatic heterocycles. The molecule has 1 amide bonds. The van der Waals surface area contributed by atoms with E-state index in [9.17, 15) is 18.4 Å². The van der Waals surface area contributed by atoms with Crippen LogP contribution in [0.5, 0.6) is 0 Å². The molecule has 1 aliphatic rings. The zero-order valence-electron chi connectivity index (χ0n) is 11.0. The molecule has 2 rings (SSSR count). The lowest BCUT2D eigenvalue weighted by Gasteiger charge is -2.24. The maximum atomic E-state index is 13.3. The van der Waals surface area contributed by atoms with Crippen LogP contribution < -0.4 is 0 Å². The summed E-state index contributed by atoms with van der Waals surface area (Å²) >= 11 is 0. The molecule has 20 heavy (non-hydrogen) atoms. The number of hydrogen-bond acceptors (Lipinski definition) is 2. The Morgan fingerprint density at radius 1 is 1.30 bits per heavy atom. The van der Waals surface area contributed by atoms with Crippen molar-refractivity contribution in [1.82, 2.24) is 4.90 Å². The highest BCUT2D eigenvalue weighted by Gasteiger charge is 2.31. The van der Waals surface area contributed by atoms with Crippen LogP contribution in [0.3, 0.4) is 0 Å². The Balaban J connectivity index is 2.43. The van der Waals surface area contributed by atoms with Gasteiger partial charge in [-0.05, 0) is 31.4 Å². The number of carbonyl (C=O) groups excluding carboxylic acids is 1. The molecule has 1 aromatic rings. The molecule has 1 unspecified atom stereocenters. The summed E-state index contributed by atoms with van der Waals surface area (Å²) in [7, 11) is 0. The fourth-order valence-corrected chi connectivity index (χ4v) is 2.58. The van der Waals surface area contributed by atoms with Crippen molar-refractivity contribution in [1.29, 1.82) is 0 Å². The Kier molecular flexibility index (Phi) is 4.01. The van der Waals surface area contributed by atoms with Gasteiger partial charge in [0.25, 0.3) is 5.91 Å². The maximum absolute atomic E-state index is 13.3. The van der Waals surface area contributed by atoms with Crippen LogP contribution in [0, 0.1) is 11.6 Å². The molecule has 0 radical (unpaired) electrons. The second kappa shape index (κ2) is 5.56. The van der Waals surface area contributed by atoms with E-state index in [0.29, 0.717) is 18.7 Å². The summed E-state index contributed by atoms with van der Waals surface area (Å²) in [6.07, 6.45) is 2.42. The first kappa shape index (κ1) is 14.4. The predicted octanol–water partition coefficient (Wildman–Crippen LogP) is 2.68. The lowest BCUT2D eigenvalue weighted by molar-refractivity contribution is 0.0668. The number of carboxylic acids is 1. The standard InChI is InChI=1S/C14H15F2NO3/c1-2-8-4-3-5-17(8)13(18)9-6-11(15)12(16)7-10(9)14(19)20/h6-8H,2-5H2,1H3,(H,19,20). The number of aromatic carboxylic acids is 1. The second-order valence-electron chi connectivity index (χ2n) is 4.82. The van der Waals surface area contributed by atoms with Crippen LogP contribution in [0.15, 0.2) is 12.1 Å². The van der Waals surface area contributed by atoms with Gasteiger partial charge in [-0.15, -0.1) is 0 Å². The summed E-state index contributed by atoms with van der Waals surface area (Å²) in [5.41, 5.74) is -0.799. The molecule has 108 valence electrons. The van der Waals surface area contributed by atoms with Gasteiger partial charge in [0.2, 0.25) is 0 Å². The third-order valence-corrected chi connectivity index (χ3v) is 3.63. The molecule has 0 aromatic heterocycles. The van der Waals surface area contributed by atoms with Gasteiger partial charge in [0.05, 0.1) is 11.1 Å². The number of carboxylic acid groups (broad SMARTS) is 1. The van der Waals surface area contributed by atoms with Gasteiger partial charge in [0.1, 0.15) is 0 Å².